The normalized spacial score (nSPS) is 11.6. The van der Waals surface area contributed by atoms with Crippen molar-refractivity contribution < 1.29 is 19.4 Å². The lowest BCUT2D eigenvalue weighted by Crippen LogP contribution is -2.35. The van der Waals surface area contributed by atoms with Crippen molar-refractivity contribution in [3.05, 3.63) is 64.7 Å². The lowest BCUT2D eigenvalue weighted by atomic mass is 9.99. The van der Waals surface area contributed by atoms with Crippen molar-refractivity contribution >= 4 is 23.5 Å². The molecule has 0 aliphatic heterocycles. The van der Waals surface area contributed by atoms with Gasteiger partial charge in [0, 0.05) is 11.6 Å². The molecule has 0 radical (unpaired) electrons. The minimum Gasteiger partial charge on any atom is -0.494 e. The van der Waals surface area contributed by atoms with Crippen molar-refractivity contribution in [1.29, 1.82) is 0 Å². The van der Waals surface area contributed by atoms with E-state index in [1.807, 2.05) is 31.2 Å². The van der Waals surface area contributed by atoms with E-state index in [-0.39, 0.29) is 18.9 Å². The zero-order chi connectivity index (χ0) is 18.9. The van der Waals surface area contributed by atoms with Crippen LogP contribution in [0, 0.1) is 5.92 Å². The Morgan fingerprint density at radius 2 is 1.85 bits per heavy atom. The van der Waals surface area contributed by atoms with Crippen LogP contribution >= 0.6 is 11.6 Å². The number of carboxylic acid groups (broad SMARTS) is 1. The van der Waals surface area contributed by atoms with Crippen molar-refractivity contribution in [3.8, 4) is 5.75 Å². The van der Waals surface area contributed by atoms with Crippen molar-refractivity contribution in [3.63, 3.8) is 0 Å². The number of amides is 1. The molecule has 1 amide bonds. The maximum absolute atomic E-state index is 12.1. The SMILES string of the molecule is CCOc1ccc(CC(CNC(=O)Cc2ccccc2Cl)C(=O)O)cc1. The molecular weight excluding hydrogens is 354 g/mol. The van der Waals surface area contributed by atoms with Crippen molar-refractivity contribution in [1.82, 2.24) is 5.32 Å². The molecule has 0 aliphatic carbocycles. The molecule has 0 bridgehead atoms. The molecule has 1 unspecified atom stereocenters. The molecular formula is C20H22ClNO4. The minimum atomic E-state index is -0.947. The maximum atomic E-state index is 12.1. The van der Waals surface area contributed by atoms with Gasteiger partial charge >= 0.3 is 5.97 Å². The fourth-order valence-corrected chi connectivity index (χ4v) is 2.74. The first-order valence-corrected chi connectivity index (χ1v) is 8.82. The van der Waals surface area contributed by atoms with Gasteiger partial charge in [0.1, 0.15) is 5.75 Å². The van der Waals surface area contributed by atoms with Crippen molar-refractivity contribution in [2.45, 2.75) is 19.8 Å². The van der Waals surface area contributed by atoms with Crippen LogP contribution in [0.3, 0.4) is 0 Å². The maximum Gasteiger partial charge on any atom is 0.308 e. The van der Waals surface area contributed by atoms with E-state index in [4.69, 9.17) is 16.3 Å². The van der Waals surface area contributed by atoms with Gasteiger partial charge < -0.3 is 15.2 Å². The Morgan fingerprint density at radius 3 is 2.46 bits per heavy atom. The monoisotopic (exact) mass is 375 g/mol. The van der Waals surface area contributed by atoms with Crippen LogP contribution in [-0.4, -0.2) is 30.1 Å². The van der Waals surface area contributed by atoms with Gasteiger partial charge in [0.15, 0.2) is 0 Å². The number of carboxylic acids is 1. The third-order valence-corrected chi connectivity index (χ3v) is 4.29. The van der Waals surface area contributed by atoms with Gasteiger partial charge in [-0.25, -0.2) is 0 Å². The summed E-state index contributed by atoms with van der Waals surface area (Å²) in [5, 5.41) is 12.6. The van der Waals surface area contributed by atoms with Crippen LogP contribution < -0.4 is 10.1 Å². The minimum absolute atomic E-state index is 0.0613. The third-order valence-electron chi connectivity index (χ3n) is 3.92. The number of hydrogen-bond acceptors (Lipinski definition) is 3. The Morgan fingerprint density at radius 1 is 1.15 bits per heavy atom. The summed E-state index contributed by atoms with van der Waals surface area (Å²) < 4.78 is 5.37. The summed E-state index contributed by atoms with van der Waals surface area (Å²) in [7, 11) is 0. The molecule has 0 saturated carbocycles. The first kappa shape index (κ1) is 19.8. The quantitative estimate of drug-likeness (QED) is 0.704. The van der Waals surface area contributed by atoms with Gasteiger partial charge in [0.05, 0.1) is 18.9 Å². The van der Waals surface area contributed by atoms with Gasteiger partial charge in [-0.2, -0.15) is 0 Å². The van der Waals surface area contributed by atoms with E-state index in [1.54, 1.807) is 24.3 Å². The van der Waals surface area contributed by atoms with Crippen LogP contribution in [0.2, 0.25) is 5.02 Å². The van der Waals surface area contributed by atoms with E-state index < -0.39 is 11.9 Å². The number of carbonyl (C=O) groups excluding carboxylic acids is 1. The molecule has 0 aromatic heterocycles. The lowest BCUT2D eigenvalue weighted by Gasteiger charge is -2.14. The molecule has 2 N–H and O–H groups in total. The van der Waals surface area contributed by atoms with Gasteiger partial charge in [0.25, 0.3) is 0 Å². The molecule has 26 heavy (non-hydrogen) atoms. The van der Waals surface area contributed by atoms with Gasteiger partial charge in [-0.3, -0.25) is 9.59 Å². The number of rotatable bonds is 9. The summed E-state index contributed by atoms with van der Waals surface area (Å²) in [4.78, 5) is 23.6. The second kappa shape index (κ2) is 9.82. The molecule has 2 aromatic carbocycles. The first-order valence-electron chi connectivity index (χ1n) is 8.44. The fourth-order valence-electron chi connectivity index (χ4n) is 2.53. The predicted molar refractivity (Wildman–Crippen MR) is 101 cm³/mol. The molecule has 5 nitrogen and oxygen atoms in total. The Hall–Kier alpha value is -2.53. The second-order valence-electron chi connectivity index (χ2n) is 5.89. The zero-order valence-corrected chi connectivity index (χ0v) is 15.3. The summed E-state index contributed by atoms with van der Waals surface area (Å²) >= 11 is 6.04. The molecule has 2 aromatic rings. The topological polar surface area (TPSA) is 75.6 Å². The third kappa shape index (κ3) is 6.08. The van der Waals surface area contributed by atoms with Crippen molar-refractivity contribution in [2.75, 3.05) is 13.2 Å². The number of carbonyl (C=O) groups is 2. The average molecular weight is 376 g/mol. The molecule has 2 rings (SSSR count). The van der Waals surface area contributed by atoms with Crippen LogP contribution in [0.25, 0.3) is 0 Å². The standard InChI is InChI=1S/C20H22ClNO4/c1-2-26-17-9-7-14(8-10-17)11-16(20(24)25)13-22-19(23)12-15-5-3-4-6-18(15)21/h3-10,16H,2,11-13H2,1H3,(H,22,23)(H,24,25). The summed E-state index contributed by atoms with van der Waals surface area (Å²) in [6.45, 7) is 2.54. The first-order chi connectivity index (χ1) is 12.5. The fraction of sp³-hybridized carbons (Fsp3) is 0.300. The summed E-state index contributed by atoms with van der Waals surface area (Å²) in [5.74, 6) is -1.16. The van der Waals surface area contributed by atoms with Gasteiger partial charge in [-0.05, 0) is 42.7 Å². The van der Waals surface area contributed by atoms with Gasteiger partial charge in [-0.15, -0.1) is 0 Å². The lowest BCUT2D eigenvalue weighted by molar-refractivity contribution is -0.141. The largest absolute Gasteiger partial charge is 0.494 e. The Bertz CT molecular complexity index is 746. The predicted octanol–water partition coefficient (Wildman–Crippen LogP) is 3.34. The highest BCUT2D eigenvalue weighted by molar-refractivity contribution is 6.31. The molecule has 0 fully saturated rings. The molecule has 6 heteroatoms. The summed E-state index contributed by atoms with van der Waals surface area (Å²) in [5.41, 5.74) is 1.59. The summed E-state index contributed by atoms with van der Waals surface area (Å²) in [6, 6.07) is 14.4. The second-order valence-corrected chi connectivity index (χ2v) is 6.30. The number of halogens is 1. The Kier molecular flexibility index (Phi) is 7.48. The smallest absolute Gasteiger partial charge is 0.308 e. The molecule has 0 saturated heterocycles. The highest BCUT2D eigenvalue weighted by Crippen LogP contribution is 2.17. The van der Waals surface area contributed by atoms with E-state index in [0.29, 0.717) is 23.6 Å². The number of ether oxygens (including phenoxy) is 1. The molecule has 0 spiro atoms. The van der Waals surface area contributed by atoms with Crippen LogP contribution in [0.5, 0.6) is 5.75 Å². The number of hydrogen-bond donors (Lipinski definition) is 2. The number of nitrogens with one attached hydrogen (secondary N) is 1. The number of aliphatic carboxylic acids is 1. The van der Waals surface area contributed by atoms with E-state index >= 15 is 0 Å². The van der Waals surface area contributed by atoms with Crippen LogP contribution in [0.1, 0.15) is 18.1 Å². The van der Waals surface area contributed by atoms with Crippen LogP contribution in [-0.2, 0) is 22.4 Å². The summed E-state index contributed by atoms with van der Waals surface area (Å²) in [6.07, 6.45) is 0.448. The average Bonchev–Trinajstić information content (AvgIpc) is 2.62. The highest BCUT2D eigenvalue weighted by Gasteiger charge is 2.19. The zero-order valence-electron chi connectivity index (χ0n) is 14.6. The molecule has 0 heterocycles. The van der Waals surface area contributed by atoms with Gasteiger partial charge in [0.2, 0.25) is 5.91 Å². The van der Waals surface area contributed by atoms with Crippen LogP contribution in [0.4, 0.5) is 0 Å². The molecule has 1 atom stereocenters. The molecule has 138 valence electrons. The van der Waals surface area contributed by atoms with Gasteiger partial charge in [-0.1, -0.05) is 41.9 Å². The van der Waals surface area contributed by atoms with E-state index in [1.165, 1.54) is 0 Å². The molecule has 0 aliphatic rings. The van der Waals surface area contributed by atoms with Crippen molar-refractivity contribution in [2.24, 2.45) is 5.92 Å². The highest BCUT2D eigenvalue weighted by atomic mass is 35.5. The Balaban J connectivity index is 1.90. The van der Waals surface area contributed by atoms with E-state index in [9.17, 15) is 14.7 Å². The Labute approximate surface area is 157 Å². The van der Waals surface area contributed by atoms with Crippen LogP contribution in [0.15, 0.2) is 48.5 Å². The van der Waals surface area contributed by atoms with E-state index in [0.717, 1.165) is 11.3 Å². The van der Waals surface area contributed by atoms with E-state index in [2.05, 4.69) is 5.32 Å². The number of benzene rings is 2.